The highest BCUT2D eigenvalue weighted by Crippen LogP contribution is 1.84. The predicted molar refractivity (Wildman–Crippen MR) is 48.4 cm³/mol. The molecule has 0 aromatic carbocycles. The molecular weight excluding hydrogens is 156 g/mol. The second-order valence-corrected chi connectivity index (χ2v) is 1.54. The van der Waals surface area contributed by atoms with E-state index in [4.69, 9.17) is 0 Å². The predicted octanol–water partition coefficient (Wildman–Crippen LogP) is 0.408. The molecule has 0 aliphatic heterocycles. The number of amides is 2. The van der Waals surface area contributed by atoms with Crippen LogP contribution in [0.2, 0.25) is 0 Å². The first-order valence-electron chi connectivity index (χ1n) is 3.84. The van der Waals surface area contributed by atoms with Crippen molar-refractivity contribution in [2.24, 2.45) is 0 Å². The van der Waals surface area contributed by atoms with E-state index in [0.29, 0.717) is 6.41 Å². The fraction of sp³-hybridized carbons (Fsp3) is 0.500. The lowest BCUT2D eigenvalue weighted by Gasteiger charge is -2.00. The second-order valence-electron chi connectivity index (χ2n) is 1.54. The van der Waals surface area contributed by atoms with Gasteiger partial charge in [0.05, 0.1) is 0 Å². The normalized spacial score (nSPS) is 9.17. The Labute approximate surface area is 73.0 Å². The van der Waals surface area contributed by atoms with Gasteiger partial charge in [-0.1, -0.05) is 19.9 Å². The van der Waals surface area contributed by atoms with Gasteiger partial charge in [-0.15, -0.1) is 0 Å². The van der Waals surface area contributed by atoms with Crippen LogP contribution in [0.15, 0.2) is 11.8 Å². The van der Waals surface area contributed by atoms with Crippen LogP contribution in [0, 0.1) is 0 Å². The summed E-state index contributed by atoms with van der Waals surface area (Å²) in [5.41, 5.74) is 0.262. The summed E-state index contributed by atoms with van der Waals surface area (Å²) in [5.74, 6) is -0.297. The van der Waals surface area contributed by atoms with E-state index in [1.54, 1.807) is 6.92 Å². The lowest BCUT2D eigenvalue weighted by Crippen LogP contribution is -2.28. The molecule has 0 atom stereocenters. The monoisotopic (exact) mass is 172 g/mol. The highest BCUT2D eigenvalue weighted by Gasteiger charge is 2.02. The first-order valence-corrected chi connectivity index (χ1v) is 3.84. The van der Waals surface area contributed by atoms with Crippen molar-refractivity contribution in [2.45, 2.75) is 20.8 Å². The quantitative estimate of drug-likeness (QED) is 0.478. The summed E-state index contributed by atoms with van der Waals surface area (Å²) >= 11 is 0. The third kappa shape index (κ3) is 5.46. The zero-order valence-corrected chi connectivity index (χ0v) is 7.97. The summed E-state index contributed by atoms with van der Waals surface area (Å²) in [7, 11) is 1.50. The van der Waals surface area contributed by atoms with E-state index in [9.17, 15) is 9.59 Å². The molecule has 4 nitrogen and oxygen atoms in total. The van der Waals surface area contributed by atoms with Crippen LogP contribution >= 0.6 is 0 Å². The minimum Gasteiger partial charge on any atom is -0.354 e. The standard InChI is InChI=1S/C6H10N2O2.C2H6/c1-3-5(8-4-9)6(10)7-2;1-2/h3-4H,1-2H3,(H,7,10)(H,8,9);1-2H3/b5-3-;. The third-order valence-corrected chi connectivity index (χ3v) is 0.975. The molecule has 2 N–H and O–H groups in total. The molecule has 0 radical (unpaired) electrons. The van der Waals surface area contributed by atoms with Crippen molar-refractivity contribution in [3.05, 3.63) is 11.8 Å². The van der Waals surface area contributed by atoms with Crippen molar-refractivity contribution in [1.29, 1.82) is 0 Å². The SMILES string of the molecule is C/C=C(\NC=O)C(=O)NC.CC. The van der Waals surface area contributed by atoms with E-state index < -0.39 is 0 Å². The maximum Gasteiger partial charge on any atom is 0.267 e. The molecule has 4 heteroatoms. The second kappa shape index (κ2) is 9.68. The Morgan fingerprint density at radius 2 is 1.83 bits per heavy atom. The van der Waals surface area contributed by atoms with Crippen molar-refractivity contribution in [3.8, 4) is 0 Å². The van der Waals surface area contributed by atoms with Gasteiger partial charge in [-0.3, -0.25) is 9.59 Å². The average molecular weight is 172 g/mol. The van der Waals surface area contributed by atoms with E-state index in [-0.39, 0.29) is 11.6 Å². The Kier molecular flexibility index (Phi) is 10.7. The molecule has 0 saturated carbocycles. The van der Waals surface area contributed by atoms with Gasteiger partial charge in [0.25, 0.3) is 5.91 Å². The summed E-state index contributed by atoms with van der Waals surface area (Å²) in [5, 5.41) is 4.62. The number of carbonyl (C=O) groups is 2. The summed E-state index contributed by atoms with van der Waals surface area (Å²) in [6, 6.07) is 0. The molecule has 70 valence electrons. The molecule has 0 spiro atoms. The fourth-order valence-electron chi connectivity index (χ4n) is 0.478. The van der Waals surface area contributed by atoms with Crippen LogP contribution in [-0.2, 0) is 9.59 Å². The van der Waals surface area contributed by atoms with Crippen LogP contribution in [0.3, 0.4) is 0 Å². The van der Waals surface area contributed by atoms with Crippen LogP contribution in [-0.4, -0.2) is 19.4 Å². The Bertz CT molecular complexity index is 164. The number of allylic oxidation sites excluding steroid dienone is 1. The molecule has 2 amide bonds. The third-order valence-electron chi connectivity index (χ3n) is 0.975. The van der Waals surface area contributed by atoms with Gasteiger partial charge in [0.15, 0.2) is 0 Å². The van der Waals surface area contributed by atoms with Gasteiger partial charge in [0.2, 0.25) is 6.41 Å². The van der Waals surface area contributed by atoms with Gasteiger partial charge in [-0.25, -0.2) is 0 Å². The Morgan fingerprint density at radius 1 is 1.33 bits per heavy atom. The van der Waals surface area contributed by atoms with Crippen LogP contribution in [0.1, 0.15) is 20.8 Å². The zero-order chi connectivity index (χ0) is 9.98. The molecule has 0 aliphatic rings. The van der Waals surface area contributed by atoms with Crippen LogP contribution in [0.4, 0.5) is 0 Å². The minimum atomic E-state index is -0.297. The lowest BCUT2D eigenvalue weighted by molar-refractivity contribution is -0.119. The van der Waals surface area contributed by atoms with Gasteiger partial charge < -0.3 is 10.6 Å². The first kappa shape index (κ1) is 13.3. The molecule has 0 rings (SSSR count). The average Bonchev–Trinajstić information content (AvgIpc) is 2.16. The maximum atomic E-state index is 10.7. The molecular formula is C8H16N2O2. The van der Waals surface area contributed by atoms with E-state index >= 15 is 0 Å². The van der Waals surface area contributed by atoms with Crippen molar-refractivity contribution in [2.75, 3.05) is 7.05 Å². The maximum absolute atomic E-state index is 10.7. The van der Waals surface area contributed by atoms with Crippen molar-refractivity contribution >= 4 is 12.3 Å². The largest absolute Gasteiger partial charge is 0.354 e. The number of carbonyl (C=O) groups excluding carboxylic acids is 2. The summed E-state index contributed by atoms with van der Waals surface area (Å²) in [4.78, 5) is 20.6. The van der Waals surface area contributed by atoms with E-state index in [1.807, 2.05) is 13.8 Å². The van der Waals surface area contributed by atoms with E-state index in [2.05, 4.69) is 10.6 Å². The molecule has 0 saturated heterocycles. The summed E-state index contributed by atoms with van der Waals surface area (Å²) in [6.07, 6.45) is 1.98. The Morgan fingerprint density at radius 3 is 2.08 bits per heavy atom. The molecule has 0 bridgehead atoms. The molecule has 0 aromatic rings. The Balaban J connectivity index is 0. The number of nitrogens with one attached hydrogen (secondary N) is 2. The van der Waals surface area contributed by atoms with Crippen molar-refractivity contribution < 1.29 is 9.59 Å². The first-order chi connectivity index (χ1) is 5.76. The highest BCUT2D eigenvalue weighted by molar-refractivity contribution is 5.94. The number of hydrogen-bond donors (Lipinski definition) is 2. The fourth-order valence-corrected chi connectivity index (χ4v) is 0.478. The molecule has 12 heavy (non-hydrogen) atoms. The highest BCUT2D eigenvalue weighted by atomic mass is 16.2. The zero-order valence-electron chi connectivity index (χ0n) is 7.97. The van der Waals surface area contributed by atoms with Crippen LogP contribution in [0.5, 0.6) is 0 Å². The van der Waals surface area contributed by atoms with Gasteiger partial charge in [-0.05, 0) is 6.92 Å². The molecule has 0 fully saturated rings. The van der Waals surface area contributed by atoms with Crippen LogP contribution in [0.25, 0.3) is 0 Å². The molecule has 0 unspecified atom stereocenters. The number of rotatable bonds is 3. The molecule has 0 heterocycles. The van der Waals surface area contributed by atoms with Gasteiger partial charge in [0.1, 0.15) is 5.70 Å². The minimum absolute atomic E-state index is 0.262. The van der Waals surface area contributed by atoms with Gasteiger partial charge in [0, 0.05) is 7.05 Å². The van der Waals surface area contributed by atoms with Crippen LogP contribution < -0.4 is 10.6 Å². The van der Waals surface area contributed by atoms with Crippen molar-refractivity contribution in [3.63, 3.8) is 0 Å². The molecule has 0 aromatic heterocycles. The van der Waals surface area contributed by atoms with E-state index in [1.165, 1.54) is 13.1 Å². The number of hydrogen-bond acceptors (Lipinski definition) is 2. The van der Waals surface area contributed by atoms with Gasteiger partial charge in [-0.2, -0.15) is 0 Å². The Hall–Kier alpha value is -1.32. The lowest BCUT2D eigenvalue weighted by atomic mass is 10.4. The van der Waals surface area contributed by atoms with Crippen molar-refractivity contribution in [1.82, 2.24) is 10.6 Å². The van der Waals surface area contributed by atoms with Gasteiger partial charge >= 0.3 is 0 Å². The smallest absolute Gasteiger partial charge is 0.267 e. The summed E-state index contributed by atoms with van der Waals surface area (Å²) in [6.45, 7) is 5.67. The molecule has 0 aliphatic carbocycles. The number of likely N-dealkylation sites (N-methyl/N-ethyl adjacent to an activating group) is 1. The summed E-state index contributed by atoms with van der Waals surface area (Å²) < 4.78 is 0. The van der Waals surface area contributed by atoms with E-state index in [0.717, 1.165) is 0 Å². The topological polar surface area (TPSA) is 58.2 Å².